The van der Waals surface area contributed by atoms with E-state index in [1.165, 1.54) is 41.6 Å². The van der Waals surface area contributed by atoms with Gasteiger partial charge in [-0.1, -0.05) is 12.1 Å². The number of hydrogen-bond acceptors (Lipinski definition) is 6. The number of carbonyl (C=O) groups is 2. The third-order valence-electron chi connectivity index (χ3n) is 4.72. The maximum Gasteiger partial charge on any atom is 0.243 e. The van der Waals surface area contributed by atoms with Gasteiger partial charge in [-0.3, -0.25) is 9.59 Å². The number of nitrogens with one attached hydrogen (secondary N) is 1. The fraction of sp³-hybridized carbons (Fsp3) is 0.421. The zero-order valence-corrected chi connectivity index (χ0v) is 17.5. The number of aromatic nitrogens is 1. The van der Waals surface area contributed by atoms with Crippen LogP contribution in [0.4, 0.5) is 0 Å². The van der Waals surface area contributed by atoms with Crippen molar-refractivity contribution in [2.45, 2.75) is 44.0 Å². The molecule has 3 rings (SSSR count). The van der Waals surface area contributed by atoms with E-state index in [0.29, 0.717) is 25.2 Å². The van der Waals surface area contributed by atoms with Crippen LogP contribution >= 0.6 is 11.3 Å². The number of rotatable bonds is 6. The molecule has 1 saturated heterocycles. The molecule has 0 aliphatic carbocycles. The summed E-state index contributed by atoms with van der Waals surface area (Å²) in [6.07, 6.45) is 1.64. The van der Waals surface area contributed by atoms with E-state index in [1.54, 1.807) is 12.1 Å². The molecule has 150 valence electrons. The van der Waals surface area contributed by atoms with Crippen molar-refractivity contribution in [3.63, 3.8) is 0 Å². The van der Waals surface area contributed by atoms with Crippen molar-refractivity contribution in [1.29, 1.82) is 0 Å². The Bertz CT molecular complexity index is 967. The Balaban J connectivity index is 1.73. The van der Waals surface area contributed by atoms with Crippen LogP contribution in [-0.2, 0) is 21.4 Å². The highest BCUT2D eigenvalue weighted by atomic mass is 32.2. The first-order chi connectivity index (χ1) is 13.3. The first-order valence-electron chi connectivity index (χ1n) is 9.07. The van der Waals surface area contributed by atoms with Crippen LogP contribution < -0.4 is 5.32 Å². The third-order valence-corrected chi connectivity index (χ3v) is 7.66. The summed E-state index contributed by atoms with van der Waals surface area (Å²) < 4.78 is 27.5. The highest BCUT2D eigenvalue weighted by molar-refractivity contribution is 7.89. The molecular formula is C19H23N3O4S2. The lowest BCUT2D eigenvalue weighted by atomic mass is 10.0. The van der Waals surface area contributed by atoms with Crippen LogP contribution in [0.2, 0.25) is 0 Å². The lowest BCUT2D eigenvalue weighted by molar-refractivity contribution is -0.119. The Kier molecular flexibility index (Phi) is 6.26. The summed E-state index contributed by atoms with van der Waals surface area (Å²) in [7, 11) is -3.62. The molecule has 0 spiro atoms. The maximum atomic E-state index is 13.0. The van der Waals surface area contributed by atoms with Gasteiger partial charge in [0.15, 0.2) is 5.78 Å². The van der Waals surface area contributed by atoms with Gasteiger partial charge in [0.1, 0.15) is 0 Å². The molecule has 1 aromatic heterocycles. The van der Waals surface area contributed by atoms with Crippen molar-refractivity contribution in [2.24, 2.45) is 0 Å². The van der Waals surface area contributed by atoms with Gasteiger partial charge < -0.3 is 5.32 Å². The van der Waals surface area contributed by atoms with Crippen molar-refractivity contribution < 1.29 is 18.0 Å². The summed E-state index contributed by atoms with van der Waals surface area (Å²) >= 11 is 1.50. The minimum atomic E-state index is -3.62. The molecule has 2 heterocycles. The van der Waals surface area contributed by atoms with Crippen molar-refractivity contribution in [2.75, 3.05) is 13.1 Å². The Morgan fingerprint density at radius 1 is 1.25 bits per heavy atom. The molecular weight excluding hydrogens is 398 g/mol. The molecule has 1 aromatic carbocycles. The Hall–Kier alpha value is -2.10. The van der Waals surface area contributed by atoms with Gasteiger partial charge in [0.05, 0.1) is 22.1 Å². The minimum absolute atomic E-state index is 0.0381. The van der Waals surface area contributed by atoms with E-state index in [4.69, 9.17) is 0 Å². The number of amides is 1. The number of hydrogen-bond donors (Lipinski definition) is 1. The lowest BCUT2D eigenvalue weighted by Crippen LogP contribution is -2.39. The summed E-state index contributed by atoms with van der Waals surface area (Å²) in [4.78, 5) is 27.2. The molecule has 2 aromatic rings. The van der Waals surface area contributed by atoms with E-state index in [1.807, 2.05) is 5.38 Å². The van der Waals surface area contributed by atoms with E-state index in [0.717, 1.165) is 23.5 Å². The first kappa shape index (κ1) is 20.6. The number of nitrogens with zero attached hydrogens (tertiary/aromatic N) is 2. The second-order valence-electron chi connectivity index (χ2n) is 6.87. The van der Waals surface area contributed by atoms with E-state index in [2.05, 4.69) is 10.3 Å². The number of carbonyl (C=O) groups excluding carboxylic acids is 2. The summed E-state index contributed by atoms with van der Waals surface area (Å²) in [6, 6.07) is 6.08. The number of ketones is 1. The van der Waals surface area contributed by atoms with Gasteiger partial charge in [0.2, 0.25) is 15.9 Å². The maximum absolute atomic E-state index is 13.0. The van der Waals surface area contributed by atoms with Gasteiger partial charge >= 0.3 is 0 Å². The zero-order valence-electron chi connectivity index (χ0n) is 15.8. The topological polar surface area (TPSA) is 96.4 Å². The van der Waals surface area contributed by atoms with Gasteiger partial charge in [-0.25, -0.2) is 13.4 Å². The van der Waals surface area contributed by atoms with Crippen LogP contribution in [0.3, 0.4) is 0 Å². The zero-order chi connectivity index (χ0) is 20.3. The molecule has 28 heavy (non-hydrogen) atoms. The molecule has 0 radical (unpaired) electrons. The number of piperidine rings is 1. The summed E-state index contributed by atoms with van der Waals surface area (Å²) in [5.41, 5.74) is 1.28. The average Bonchev–Trinajstić information content (AvgIpc) is 3.15. The summed E-state index contributed by atoms with van der Waals surface area (Å²) in [5, 5.41) is 5.52. The normalized spacial score (nSPS) is 18.0. The fourth-order valence-electron chi connectivity index (χ4n) is 3.18. The van der Waals surface area contributed by atoms with E-state index >= 15 is 0 Å². The van der Waals surface area contributed by atoms with Gasteiger partial charge in [0.25, 0.3) is 0 Å². The van der Waals surface area contributed by atoms with Crippen LogP contribution in [-0.4, -0.2) is 42.5 Å². The van der Waals surface area contributed by atoms with Gasteiger partial charge in [-0.05, 0) is 31.9 Å². The van der Waals surface area contributed by atoms with E-state index < -0.39 is 10.0 Å². The van der Waals surface area contributed by atoms with Crippen molar-refractivity contribution >= 4 is 33.1 Å². The standard InChI is InChI=1S/C19H23N3O4S2/c1-13(23)15-5-7-18(8-6-15)28(25,26)22-9-3-4-16(11-22)19-21-17(12-27-19)10-20-14(2)24/h5-8,12,16H,3-4,9-11H2,1-2H3,(H,20,24)/t16-/m0/s1. The second-order valence-corrected chi connectivity index (χ2v) is 9.70. The van der Waals surface area contributed by atoms with Crippen molar-refractivity contribution in [3.05, 3.63) is 45.9 Å². The second kappa shape index (κ2) is 8.50. The van der Waals surface area contributed by atoms with Crippen LogP contribution in [0, 0.1) is 0 Å². The smallest absolute Gasteiger partial charge is 0.243 e. The predicted octanol–water partition coefficient (Wildman–Crippen LogP) is 2.55. The average molecular weight is 422 g/mol. The summed E-state index contributed by atoms with van der Waals surface area (Å²) in [6.45, 7) is 4.14. The molecule has 0 saturated carbocycles. The largest absolute Gasteiger partial charge is 0.351 e. The molecule has 7 nitrogen and oxygen atoms in total. The monoisotopic (exact) mass is 421 g/mol. The lowest BCUT2D eigenvalue weighted by Gasteiger charge is -2.31. The SMILES string of the molecule is CC(=O)NCc1csc([C@H]2CCCN(S(=O)(=O)c3ccc(C(C)=O)cc3)C2)n1. The first-order valence-corrected chi connectivity index (χ1v) is 11.4. The van der Waals surface area contributed by atoms with Crippen LogP contribution in [0.5, 0.6) is 0 Å². The number of thiazole rings is 1. The van der Waals surface area contributed by atoms with Gasteiger partial charge in [-0.2, -0.15) is 4.31 Å². The highest BCUT2D eigenvalue weighted by Gasteiger charge is 2.32. The molecule has 1 N–H and O–H groups in total. The molecule has 0 unspecified atom stereocenters. The van der Waals surface area contributed by atoms with Crippen molar-refractivity contribution in [1.82, 2.24) is 14.6 Å². The third kappa shape index (κ3) is 4.65. The molecule has 1 amide bonds. The predicted molar refractivity (Wildman–Crippen MR) is 107 cm³/mol. The Morgan fingerprint density at radius 2 is 1.96 bits per heavy atom. The van der Waals surface area contributed by atoms with Crippen LogP contribution in [0.25, 0.3) is 0 Å². The Labute approximate surface area is 168 Å². The summed E-state index contributed by atoms with van der Waals surface area (Å²) in [5.74, 6) is -0.169. The van der Waals surface area contributed by atoms with Gasteiger partial charge in [0, 0.05) is 36.9 Å². The van der Waals surface area contributed by atoms with Crippen molar-refractivity contribution in [3.8, 4) is 0 Å². The molecule has 1 aliphatic heterocycles. The highest BCUT2D eigenvalue weighted by Crippen LogP contribution is 2.32. The van der Waals surface area contributed by atoms with Crippen LogP contribution in [0.15, 0.2) is 34.5 Å². The quantitative estimate of drug-likeness (QED) is 0.723. The van der Waals surface area contributed by atoms with Crippen LogP contribution in [0.1, 0.15) is 53.7 Å². The number of Topliss-reactive ketones (excluding diaryl/α,β-unsaturated/α-hetero) is 1. The molecule has 1 aliphatic rings. The van der Waals surface area contributed by atoms with Gasteiger partial charge in [-0.15, -0.1) is 11.3 Å². The number of sulfonamides is 1. The van der Waals surface area contributed by atoms with E-state index in [9.17, 15) is 18.0 Å². The Morgan fingerprint density at radius 3 is 2.61 bits per heavy atom. The molecule has 1 atom stereocenters. The fourth-order valence-corrected chi connectivity index (χ4v) is 5.65. The minimum Gasteiger partial charge on any atom is -0.351 e. The number of benzene rings is 1. The van der Waals surface area contributed by atoms with E-state index in [-0.39, 0.29) is 22.5 Å². The molecule has 0 bridgehead atoms. The molecule has 1 fully saturated rings. The molecule has 9 heteroatoms.